The summed E-state index contributed by atoms with van der Waals surface area (Å²) < 4.78 is 0. The molecule has 0 amide bonds. The lowest BCUT2D eigenvalue weighted by Crippen LogP contribution is -2.56. The van der Waals surface area contributed by atoms with Crippen molar-refractivity contribution in [3.63, 3.8) is 0 Å². The number of unbranched alkanes of at least 4 members (excludes halogenated alkanes) is 18. The molecule has 1 rings (SSSR count). The number of nitrogens with zero attached hydrogens (tertiary/aromatic N) is 1. The topological polar surface area (TPSA) is 3.24 Å². The Bertz CT molecular complexity index is 627. The standard InChI is InChI=1S/C42H77N/c1-4-7-9-11-13-15-17-19-21-23-25-27-29-31-33-35-37-42(40-43(41-42)39-6-3)38-36-34-32-30-28-26-24-22-20-18-16-14-12-10-8-5-2/h13-16,19-22H,4-12,17-18,23-41H2,1-3H3/b15-13-,16-14-,21-19-,22-20-. The molecule has 43 heavy (non-hydrogen) atoms. The molecule has 0 N–H and O–H groups in total. The van der Waals surface area contributed by atoms with Crippen LogP contribution in [0, 0.1) is 5.41 Å². The second-order valence-corrected chi connectivity index (χ2v) is 13.9. The lowest BCUT2D eigenvalue weighted by Gasteiger charge is -2.51. The maximum Gasteiger partial charge on any atom is 0.00505 e. The second kappa shape index (κ2) is 30.9. The van der Waals surface area contributed by atoms with Gasteiger partial charge in [-0.3, -0.25) is 0 Å². The maximum absolute atomic E-state index is 2.73. The highest BCUT2D eigenvalue weighted by atomic mass is 15.2. The third-order valence-electron chi connectivity index (χ3n) is 9.47. The molecular weight excluding hydrogens is 518 g/mol. The Balaban J connectivity index is 2.02. The number of rotatable bonds is 32. The van der Waals surface area contributed by atoms with Crippen molar-refractivity contribution in [2.24, 2.45) is 5.41 Å². The Morgan fingerprint density at radius 2 is 0.744 bits per heavy atom. The normalized spacial score (nSPS) is 15.6. The molecule has 0 unspecified atom stereocenters. The van der Waals surface area contributed by atoms with Gasteiger partial charge in [-0.05, 0) is 95.4 Å². The summed E-state index contributed by atoms with van der Waals surface area (Å²) in [5.41, 5.74) is 0.666. The van der Waals surface area contributed by atoms with Crippen LogP contribution in [-0.2, 0) is 0 Å². The van der Waals surface area contributed by atoms with Gasteiger partial charge < -0.3 is 4.90 Å². The van der Waals surface area contributed by atoms with Crippen molar-refractivity contribution in [3.05, 3.63) is 48.6 Å². The van der Waals surface area contributed by atoms with Gasteiger partial charge in [0, 0.05) is 13.1 Å². The molecule has 1 nitrogen and oxygen atoms in total. The van der Waals surface area contributed by atoms with E-state index in [0.717, 1.165) is 12.8 Å². The van der Waals surface area contributed by atoms with Crippen molar-refractivity contribution >= 4 is 0 Å². The summed E-state index contributed by atoms with van der Waals surface area (Å²) >= 11 is 0. The minimum atomic E-state index is 0.666. The lowest BCUT2D eigenvalue weighted by atomic mass is 9.71. The molecule has 0 radical (unpaired) electrons. The van der Waals surface area contributed by atoms with E-state index >= 15 is 0 Å². The Hall–Kier alpha value is -1.08. The van der Waals surface area contributed by atoms with Gasteiger partial charge in [0.2, 0.25) is 0 Å². The molecule has 0 saturated carbocycles. The zero-order valence-corrected chi connectivity index (χ0v) is 29.8. The van der Waals surface area contributed by atoms with Crippen molar-refractivity contribution in [2.45, 2.75) is 194 Å². The van der Waals surface area contributed by atoms with Crippen LogP contribution in [0.4, 0.5) is 0 Å². The van der Waals surface area contributed by atoms with E-state index in [9.17, 15) is 0 Å². The summed E-state index contributed by atoms with van der Waals surface area (Å²) in [6, 6.07) is 0. The predicted octanol–water partition coefficient (Wildman–Crippen LogP) is 14.1. The molecule has 1 aliphatic heterocycles. The Morgan fingerprint density at radius 3 is 1.12 bits per heavy atom. The summed E-state index contributed by atoms with van der Waals surface area (Å²) in [5, 5.41) is 0. The van der Waals surface area contributed by atoms with Gasteiger partial charge in [-0.2, -0.15) is 0 Å². The zero-order valence-electron chi connectivity index (χ0n) is 29.8. The average Bonchev–Trinajstić information content (AvgIpc) is 2.99. The van der Waals surface area contributed by atoms with E-state index in [4.69, 9.17) is 0 Å². The monoisotopic (exact) mass is 596 g/mol. The smallest absolute Gasteiger partial charge is 0.00505 e. The summed E-state index contributed by atoms with van der Waals surface area (Å²) in [5.74, 6) is 0. The fourth-order valence-electron chi connectivity index (χ4n) is 6.79. The van der Waals surface area contributed by atoms with Gasteiger partial charge in [0.05, 0.1) is 0 Å². The summed E-state index contributed by atoms with van der Waals surface area (Å²) in [7, 11) is 0. The van der Waals surface area contributed by atoms with E-state index in [-0.39, 0.29) is 0 Å². The fourth-order valence-corrected chi connectivity index (χ4v) is 6.79. The molecule has 0 aliphatic carbocycles. The first kappa shape index (κ1) is 39.9. The van der Waals surface area contributed by atoms with Crippen LogP contribution in [0.1, 0.15) is 194 Å². The van der Waals surface area contributed by atoms with Gasteiger partial charge in [-0.1, -0.05) is 159 Å². The highest BCUT2D eigenvalue weighted by Crippen LogP contribution is 2.40. The zero-order chi connectivity index (χ0) is 30.9. The summed E-state index contributed by atoms with van der Waals surface area (Å²) in [4.78, 5) is 2.73. The van der Waals surface area contributed by atoms with E-state index < -0.39 is 0 Å². The van der Waals surface area contributed by atoms with E-state index in [0.29, 0.717) is 5.41 Å². The first-order valence-corrected chi connectivity index (χ1v) is 19.6. The molecule has 0 aromatic heterocycles. The van der Waals surface area contributed by atoms with Crippen LogP contribution in [0.15, 0.2) is 48.6 Å². The van der Waals surface area contributed by atoms with Crippen molar-refractivity contribution in [1.82, 2.24) is 4.90 Å². The van der Waals surface area contributed by atoms with Crippen LogP contribution in [0.3, 0.4) is 0 Å². The van der Waals surface area contributed by atoms with Gasteiger partial charge in [-0.25, -0.2) is 0 Å². The minimum Gasteiger partial charge on any atom is -0.302 e. The van der Waals surface area contributed by atoms with E-state index in [2.05, 4.69) is 74.3 Å². The van der Waals surface area contributed by atoms with E-state index in [1.807, 2.05) is 0 Å². The molecule has 0 aromatic carbocycles. The number of likely N-dealkylation sites (tertiary alicyclic amines) is 1. The van der Waals surface area contributed by atoms with Crippen molar-refractivity contribution in [1.29, 1.82) is 0 Å². The third kappa shape index (κ3) is 24.9. The van der Waals surface area contributed by atoms with Crippen LogP contribution in [0.5, 0.6) is 0 Å². The molecule has 1 heterocycles. The second-order valence-electron chi connectivity index (χ2n) is 13.9. The molecule has 0 bridgehead atoms. The summed E-state index contributed by atoms with van der Waals surface area (Å²) in [6.07, 6.45) is 55.9. The van der Waals surface area contributed by atoms with Crippen LogP contribution < -0.4 is 0 Å². The largest absolute Gasteiger partial charge is 0.302 e. The Labute approximate surface area is 272 Å². The molecular formula is C42H77N. The quantitative estimate of drug-likeness (QED) is 0.0552. The SMILES string of the molecule is CCCCC/C=C\C/C=C\CCCCCCCCC1(CCCCCCCC/C=C\C/C=C\CCCCC)CN(CCC)C1. The highest BCUT2D eigenvalue weighted by Gasteiger charge is 2.40. The first-order valence-electron chi connectivity index (χ1n) is 19.6. The fraction of sp³-hybridized carbons (Fsp3) is 0.810. The van der Waals surface area contributed by atoms with Gasteiger partial charge in [0.15, 0.2) is 0 Å². The Morgan fingerprint density at radius 1 is 0.395 bits per heavy atom. The molecule has 1 fully saturated rings. The van der Waals surface area contributed by atoms with Crippen LogP contribution >= 0.6 is 0 Å². The number of hydrogen-bond acceptors (Lipinski definition) is 1. The van der Waals surface area contributed by atoms with Gasteiger partial charge in [-0.15, -0.1) is 0 Å². The number of allylic oxidation sites excluding steroid dienone is 8. The van der Waals surface area contributed by atoms with Crippen molar-refractivity contribution in [2.75, 3.05) is 19.6 Å². The molecule has 1 heteroatoms. The molecule has 1 aliphatic rings. The molecule has 250 valence electrons. The summed E-state index contributed by atoms with van der Waals surface area (Å²) in [6.45, 7) is 11.0. The van der Waals surface area contributed by atoms with Crippen LogP contribution in [0.2, 0.25) is 0 Å². The van der Waals surface area contributed by atoms with E-state index in [1.54, 1.807) is 0 Å². The first-order chi connectivity index (χ1) is 21.3. The molecule has 0 spiro atoms. The Kier molecular flexibility index (Phi) is 28.7. The lowest BCUT2D eigenvalue weighted by molar-refractivity contribution is -0.0167. The van der Waals surface area contributed by atoms with Crippen LogP contribution in [-0.4, -0.2) is 24.5 Å². The highest BCUT2D eigenvalue weighted by molar-refractivity contribution is 4.95. The minimum absolute atomic E-state index is 0.666. The average molecular weight is 596 g/mol. The van der Waals surface area contributed by atoms with Gasteiger partial charge in [0.25, 0.3) is 0 Å². The molecule has 0 atom stereocenters. The van der Waals surface area contributed by atoms with E-state index in [1.165, 1.54) is 180 Å². The molecule has 1 saturated heterocycles. The van der Waals surface area contributed by atoms with Crippen molar-refractivity contribution in [3.8, 4) is 0 Å². The maximum atomic E-state index is 2.73. The molecule has 0 aromatic rings. The number of hydrogen-bond donors (Lipinski definition) is 0. The van der Waals surface area contributed by atoms with Crippen LogP contribution in [0.25, 0.3) is 0 Å². The van der Waals surface area contributed by atoms with Gasteiger partial charge >= 0.3 is 0 Å². The predicted molar refractivity (Wildman–Crippen MR) is 197 cm³/mol. The van der Waals surface area contributed by atoms with Gasteiger partial charge in [0.1, 0.15) is 0 Å². The van der Waals surface area contributed by atoms with Crippen molar-refractivity contribution < 1.29 is 0 Å². The third-order valence-corrected chi connectivity index (χ3v) is 9.47.